The van der Waals surface area contributed by atoms with Gasteiger partial charge in [-0.05, 0) is 0 Å². The molecule has 0 radical (unpaired) electrons. The van der Waals surface area contributed by atoms with Crippen molar-refractivity contribution in [3.63, 3.8) is 0 Å². The summed E-state index contributed by atoms with van der Waals surface area (Å²) in [5, 5.41) is 0.882. The average Bonchev–Trinajstić information content (AvgIpc) is 2.88. The summed E-state index contributed by atoms with van der Waals surface area (Å²) in [6.45, 7) is 0. The molecule has 0 amide bonds. The molecule has 5 rings (SSSR count). The molecule has 2 aromatic heterocycles. The third kappa shape index (κ3) is 4.58. The number of halogens is 6. The van der Waals surface area contributed by atoms with Gasteiger partial charge in [0.2, 0.25) is 0 Å². The minimum absolute atomic E-state index is 0.0156. The van der Waals surface area contributed by atoms with Gasteiger partial charge in [0, 0.05) is 0 Å². The third-order valence-electron chi connectivity index (χ3n) is 5.13. The van der Waals surface area contributed by atoms with E-state index in [2.05, 4.69) is 0 Å². The van der Waals surface area contributed by atoms with Crippen molar-refractivity contribution in [2.24, 2.45) is 0 Å². The Kier molecular flexibility index (Phi) is 6.56. The van der Waals surface area contributed by atoms with Gasteiger partial charge in [0.05, 0.1) is 0 Å². The maximum absolute atomic E-state index is 14.4. The van der Waals surface area contributed by atoms with Gasteiger partial charge in [-0.25, -0.2) is 0 Å². The minimum atomic E-state index is -5.61. The molecule has 2 heterocycles. The van der Waals surface area contributed by atoms with Gasteiger partial charge in [-0.3, -0.25) is 0 Å². The molecule has 0 bridgehead atoms. The van der Waals surface area contributed by atoms with Crippen molar-refractivity contribution >= 4 is 52.3 Å². The van der Waals surface area contributed by atoms with Crippen molar-refractivity contribution < 1.29 is 41.7 Å². The summed E-state index contributed by atoms with van der Waals surface area (Å²) in [7, 11) is -5.61. The van der Waals surface area contributed by atoms with Crippen molar-refractivity contribution in [1.29, 1.82) is 0 Å². The number of benzene rings is 3. The second-order valence-electron chi connectivity index (χ2n) is 7.54. The van der Waals surface area contributed by atoms with E-state index in [0.717, 1.165) is 12.1 Å². The Morgan fingerprint density at radius 3 is 1.45 bits per heavy atom. The number of rotatable bonds is 5. The predicted molar refractivity (Wildman–Crippen MR) is 131 cm³/mol. The van der Waals surface area contributed by atoms with Crippen LogP contribution in [0.5, 0.6) is 0 Å². The van der Waals surface area contributed by atoms with Crippen LogP contribution < -0.4 is 11.3 Å². The first-order valence-corrected chi connectivity index (χ1v) is 14.7. The normalized spacial score (nSPS) is 12.3. The first kappa shape index (κ1) is 26.0. The molecule has 0 N–H and O–H groups in total. The van der Waals surface area contributed by atoms with E-state index in [9.17, 15) is 40.0 Å². The Balaban J connectivity index is 1.72. The van der Waals surface area contributed by atoms with E-state index in [1.165, 1.54) is 48.5 Å². The summed E-state index contributed by atoms with van der Waals surface area (Å²) in [4.78, 5) is 21.2. The first-order chi connectivity index (χ1) is 18.0. The number of fused-ring (bicyclic) bond motifs is 2. The zero-order valence-electron chi connectivity index (χ0n) is 18.3. The molecule has 0 spiro atoms. The first-order valence-electron chi connectivity index (χ1n) is 10.2. The Morgan fingerprint density at radius 2 is 1.00 bits per heavy atom. The van der Waals surface area contributed by atoms with Gasteiger partial charge >= 0.3 is 217 Å². The van der Waals surface area contributed by atoms with Crippen LogP contribution in [0.3, 0.4) is 0 Å². The van der Waals surface area contributed by atoms with Crippen LogP contribution in [0.25, 0.3) is 21.9 Å². The molecule has 0 aliphatic rings. The second kappa shape index (κ2) is 9.59. The molecule has 38 heavy (non-hydrogen) atoms. The van der Waals surface area contributed by atoms with Crippen LogP contribution in [0.2, 0.25) is 0 Å². The van der Waals surface area contributed by atoms with E-state index in [4.69, 9.17) is 11.3 Å². The van der Waals surface area contributed by atoms with Crippen LogP contribution in [0.15, 0.2) is 84.0 Å². The average molecular weight is 664 g/mol. The molecular weight excluding hydrogens is 654 g/mol. The van der Waals surface area contributed by atoms with E-state index in [0.29, 0.717) is 10.8 Å². The Hall–Kier alpha value is -3.63. The van der Waals surface area contributed by atoms with Crippen LogP contribution in [0.1, 0.15) is 0 Å². The van der Waals surface area contributed by atoms with E-state index >= 15 is 0 Å². The predicted octanol–water partition coefficient (Wildman–Crippen LogP) is 5.46. The molecule has 5 aromatic rings. The van der Waals surface area contributed by atoms with Crippen molar-refractivity contribution in [2.45, 2.75) is 4.90 Å². The van der Waals surface area contributed by atoms with Crippen LogP contribution in [0, 0.1) is 36.2 Å². The zero-order valence-corrected chi connectivity index (χ0v) is 21.3. The fourth-order valence-corrected chi connectivity index (χ4v) is 10.5. The molecule has 0 saturated heterocycles. The van der Waals surface area contributed by atoms with E-state index in [-0.39, 0.29) is 18.3 Å². The molecule has 0 unspecified atom stereocenters. The van der Waals surface area contributed by atoms with E-state index in [1.807, 2.05) is 0 Å². The zero-order chi connectivity index (χ0) is 27.4. The molecule has 7 nitrogen and oxygen atoms in total. The molecule has 196 valence electrons. The summed E-state index contributed by atoms with van der Waals surface area (Å²) in [5.41, 5.74) is -1.42. The van der Waals surface area contributed by atoms with Gasteiger partial charge in [-0.1, -0.05) is 0 Å². The van der Waals surface area contributed by atoms with Crippen LogP contribution >= 0.6 is 20.2 Å². The van der Waals surface area contributed by atoms with Crippen LogP contribution in [0.4, 0.5) is 22.0 Å². The van der Waals surface area contributed by atoms with Crippen molar-refractivity contribution in [1.82, 2.24) is 0 Å². The Bertz CT molecular complexity index is 1870. The standard InChI is InChI=1S/C24H10F5IO7S/c25-19-20(26)22(28)24(23(29)21(19)27)38(33,34)37-30(13-5-1-11-3-7-17(31)35-15(11)9-13)14-6-2-12-4-8-18(32)36-16(12)10-14/h1-10H. The van der Waals surface area contributed by atoms with Gasteiger partial charge in [0.1, 0.15) is 0 Å². The molecule has 0 saturated carbocycles. The second-order valence-corrected chi connectivity index (χ2v) is 14.0. The van der Waals surface area contributed by atoms with Gasteiger partial charge < -0.3 is 0 Å². The quantitative estimate of drug-likeness (QED) is 0.0809. The van der Waals surface area contributed by atoms with Crippen molar-refractivity contribution in [3.8, 4) is 0 Å². The van der Waals surface area contributed by atoms with E-state index in [1.54, 1.807) is 0 Å². The summed E-state index contributed by atoms with van der Waals surface area (Å²) >= 11 is -3.90. The SMILES string of the molecule is O=c1ccc2ccc(I(OS(=O)(=O)c3c(F)c(F)c(F)c(F)c3F)c3ccc4ccc(=O)oc4c3)cc2o1. The molecule has 0 atom stereocenters. The molecule has 0 aliphatic carbocycles. The van der Waals surface area contributed by atoms with Gasteiger partial charge in [-0.15, -0.1) is 0 Å². The fourth-order valence-electron chi connectivity index (χ4n) is 3.40. The molecule has 0 fully saturated rings. The monoisotopic (exact) mass is 664 g/mol. The molecule has 14 heteroatoms. The van der Waals surface area contributed by atoms with Gasteiger partial charge in [-0.2, -0.15) is 0 Å². The molecule has 3 aromatic carbocycles. The van der Waals surface area contributed by atoms with Crippen LogP contribution in [-0.4, -0.2) is 8.42 Å². The Labute approximate surface area is 216 Å². The van der Waals surface area contributed by atoms with Crippen molar-refractivity contribution in [2.75, 3.05) is 0 Å². The molecular formula is C24H10F5IO7S. The van der Waals surface area contributed by atoms with Gasteiger partial charge in [0.25, 0.3) is 0 Å². The maximum atomic E-state index is 14.4. The summed E-state index contributed by atoms with van der Waals surface area (Å²) in [6, 6.07) is 13.4. The fraction of sp³-hybridized carbons (Fsp3) is 0. The topological polar surface area (TPSA) is 104 Å². The van der Waals surface area contributed by atoms with Crippen LogP contribution in [-0.2, 0) is 12.6 Å². The van der Waals surface area contributed by atoms with Crippen molar-refractivity contribution in [3.05, 3.63) is 118 Å². The summed E-state index contributed by atoms with van der Waals surface area (Å²) in [6.07, 6.45) is 0. The molecule has 0 aliphatic heterocycles. The summed E-state index contributed by atoms with van der Waals surface area (Å²) in [5.74, 6) is -12.7. The Morgan fingerprint density at radius 1 is 0.605 bits per heavy atom. The third-order valence-corrected chi connectivity index (χ3v) is 12.4. The summed E-state index contributed by atoms with van der Waals surface area (Å²) < 4.78 is 112. The number of hydrogen-bond acceptors (Lipinski definition) is 7. The van der Waals surface area contributed by atoms with Gasteiger partial charge in [0.15, 0.2) is 0 Å². The number of hydrogen-bond donors (Lipinski definition) is 0. The van der Waals surface area contributed by atoms with E-state index < -0.39 is 75.6 Å².